The quantitative estimate of drug-likeness (QED) is 0.763. The molecule has 25 heavy (non-hydrogen) atoms. The lowest BCUT2D eigenvalue weighted by molar-refractivity contribution is -0.119. The van der Waals surface area contributed by atoms with Crippen LogP contribution >= 0.6 is 11.8 Å². The van der Waals surface area contributed by atoms with E-state index in [-0.39, 0.29) is 5.91 Å². The van der Waals surface area contributed by atoms with E-state index in [0.29, 0.717) is 29.3 Å². The average molecular weight is 361 g/mol. The number of rotatable bonds is 7. The van der Waals surface area contributed by atoms with Gasteiger partial charge in [0.05, 0.1) is 19.3 Å². The third kappa shape index (κ3) is 5.49. The number of nitrogens with one attached hydrogen (secondary N) is 1. The third-order valence-corrected chi connectivity index (χ3v) is 5.08. The zero-order valence-electron chi connectivity index (χ0n) is 14.4. The molecule has 1 amide bonds. The molecule has 0 unspecified atom stereocenters. The second-order valence-corrected chi connectivity index (χ2v) is 7.10. The van der Waals surface area contributed by atoms with E-state index < -0.39 is 0 Å². The normalized spacial score (nSPS) is 15.1. The lowest BCUT2D eigenvalue weighted by Gasteiger charge is -2.22. The molecule has 1 fully saturated rings. The molecule has 1 N–H and O–H groups in total. The van der Waals surface area contributed by atoms with E-state index in [9.17, 15) is 4.79 Å². The number of carbonyl (C=O) groups is 1. The second kappa shape index (κ2) is 8.89. The lowest BCUT2D eigenvalue weighted by Crippen LogP contribution is -2.37. The standard InChI is InChI=1S/C18H23N3O3S/c1-23-15-9-7-13(8-10-15)11-17-20-21-18(24-17)25-12-16(22)19-14-5-3-2-4-6-14/h7-10,14H,2-6,11-12H2,1H3,(H,19,22). The number of hydrogen-bond donors (Lipinski definition) is 1. The number of methoxy groups -OCH3 is 1. The zero-order chi connectivity index (χ0) is 17.5. The van der Waals surface area contributed by atoms with E-state index in [0.717, 1.165) is 24.2 Å². The van der Waals surface area contributed by atoms with Gasteiger partial charge in [0.15, 0.2) is 0 Å². The molecule has 0 aliphatic heterocycles. The lowest BCUT2D eigenvalue weighted by atomic mass is 9.95. The summed E-state index contributed by atoms with van der Waals surface area (Å²) in [5, 5.41) is 11.6. The number of carbonyl (C=O) groups excluding carboxylic acids is 1. The van der Waals surface area contributed by atoms with Crippen LogP contribution in [0.2, 0.25) is 0 Å². The molecule has 0 spiro atoms. The van der Waals surface area contributed by atoms with Gasteiger partial charge in [0, 0.05) is 6.04 Å². The fraction of sp³-hybridized carbons (Fsp3) is 0.500. The minimum Gasteiger partial charge on any atom is -0.497 e. The molecule has 1 aromatic carbocycles. The number of aromatic nitrogens is 2. The van der Waals surface area contributed by atoms with Crippen LogP contribution in [-0.4, -0.2) is 35.0 Å². The van der Waals surface area contributed by atoms with Crippen molar-refractivity contribution in [3.05, 3.63) is 35.7 Å². The van der Waals surface area contributed by atoms with Crippen molar-refractivity contribution >= 4 is 17.7 Å². The summed E-state index contributed by atoms with van der Waals surface area (Å²) in [6, 6.07) is 8.06. The predicted octanol–water partition coefficient (Wildman–Crippen LogP) is 3.21. The molecule has 6 nitrogen and oxygen atoms in total. The van der Waals surface area contributed by atoms with Crippen molar-refractivity contribution in [2.75, 3.05) is 12.9 Å². The van der Waals surface area contributed by atoms with E-state index >= 15 is 0 Å². The van der Waals surface area contributed by atoms with Crippen LogP contribution in [0.3, 0.4) is 0 Å². The second-order valence-electron chi connectivity index (χ2n) is 6.18. The highest BCUT2D eigenvalue weighted by Crippen LogP contribution is 2.20. The molecule has 0 atom stereocenters. The molecule has 1 heterocycles. The van der Waals surface area contributed by atoms with Crippen molar-refractivity contribution in [3.63, 3.8) is 0 Å². The molecule has 1 aliphatic carbocycles. The minimum absolute atomic E-state index is 0.0341. The first-order chi connectivity index (χ1) is 12.2. The van der Waals surface area contributed by atoms with Crippen LogP contribution in [0.25, 0.3) is 0 Å². The van der Waals surface area contributed by atoms with Gasteiger partial charge >= 0.3 is 0 Å². The van der Waals surface area contributed by atoms with Crippen molar-refractivity contribution in [1.29, 1.82) is 0 Å². The van der Waals surface area contributed by atoms with Crippen LogP contribution in [0.1, 0.15) is 43.6 Å². The number of thioether (sulfide) groups is 1. The summed E-state index contributed by atoms with van der Waals surface area (Å²) in [5.41, 5.74) is 1.07. The molecule has 1 saturated carbocycles. The SMILES string of the molecule is COc1ccc(Cc2nnc(SCC(=O)NC3CCCCC3)o2)cc1. The Balaban J connectivity index is 1.45. The molecule has 1 aromatic heterocycles. The maximum atomic E-state index is 12.0. The molecule has 1 aliphatic rings. The maximum absolute atomic E-state index is 12.0. The van der Waals surface area contributed by atoms with Crippen LogP contribution in [0.15, 0.2) is 33.9 Å². The number of amides is 1. The van der Waals surface area contributed by atoms with Crippen molar-refractivity contribution < 1.29 is 13.9 Å². The maximum Gasteiger partial charge on any atom is 0.277 e. The summed E-state index contributed by atoms with van der Waals surface area (Å²) in [6.45, 7) is 0. The molecule has 0 saturated heterocycles. The van der Waals surface area contributed by atoms with E-state index in [1.165, 1.54) is 31.0 Å². The number of nitrogens with zero attached hydrogens (tertiary/aromatic N) is 2. The minimum atomic E-state index is 0.0341. The first-order valence-corrected chi connectivity index (χ1v) is 9.59. The zero-order valence-corrected chi connectivity index (χ0v) is 15.2. The highest BCUT2D eigenvalue weighted by molar-refractivity contribution is 7.99. The molecule has 0 radical (unpaired) electrons. The van der Waals surface area contributed by atoms with Gasteiger partial charge in [-0.3, -0.25) is 4.79 Å². The van der Waals surface area contributed by atoms with Crippen molar-refractivity contribution in [2.24, 2.45) is 0 Å². The molecular formula is C18H23N3O3S. The summed E-state index contributed by atoms with van der Waals surface area (Å²) in [5.74, 6) is 1.70. The molecule has 2 aromatic rings. The van der Waals surface area contributed by atoms with Crippen LogP contribution in [0.5, 0.6) is 5.75 Å². The topological polar surface area (TPSA) is 77.2 Å². The Morgan fingerprint density at radius 1 is 1.24 bits per heavy atom. The molecule has 7 heteroatoms. The van der Waals surface area contributed by atoms with Gasteiger partial charge in [0.25, 0.3) is 5.22 Å². The number of benzene rings is 1. The van der Waals surface area contributed by atoms with E-state index in [2.05, 4.69) is 15.5 Å². The highest BCUT2D eigenvalue weighted by atomic mass is 32.2. The van der Waals surface area contributed by atoms with E-state index in [1.807, 2.05) is 24.3 Å². The summed E-state index contributed by atoms with van der Waals surface area (Å²) < 4.78 is 10.8. The summed E-state index contributed by atoms with van der Waals surface area (Å²) in [7, 11) is 1.64. The van der Waals surface area contributed by atoms with Gasteiger partial charge in [-0.2, -0.15) is 0 Å². The smallest absolute Gasteiger partial charge is 0.277 e. The third-order valence-electron chi connectivity index (χ3n) is 4.26. The van der Waals surface area contributed by atoms with Crippen LogP contribution in [0.4, 0.5) is 0 Å². The summed E-state index contributed by atoms with van der Waals surface area (Å²) in [4.78, 5) is 12.0. The van der Waals surface area contributed by atoms with Crippen molar-refractivity contribution in [1.82, 2.24) is 15.5 Å². The van der Waals surface area contributed by atoms with E-state index in [1.54, 1.807) is 7.11 Å². The summed E-state index contributed by atoms with van der Waals surface area (Å²) in [6.07, 6.45) is 6.42. The molecule has 0 bridgehead atoms. The van der Waals surface area contributed by atoms with Gasteiger partial charge < -0.3 is 14.5 Å². The molecular weight excluding hydrogens is 338 g/mol. The Bertz CT molecular complexity index is 681. The Labute approximate surface area is 151 Å². The Hall–Kier alpha value is -2.02. The summed E-state index contributed by atoms with van der Waals surface area (Å²) >= 11 is 1.28. The Morgan fingerprint density at radius 3 is 2.72 bits per heavy atom. The monoisotopic (exact) mass is 361 g/mol. The van der Waals surface area contributed by atoms with Crippen LogP contribution < -0.4 is 10.1 Å². The van der Waals surface area contributed by atoms with Gasteiger partial charge in [-0.15, -0.1) is 10.2 Å². The Morgan fingerprint density at radius 2 is 2.00 bits per heavy atom. The van der Waals surface area contributed by atoms with Crippen molar-refractivity contribution in [3.8, 4) is 5.75 Å². The fourth-order valence-electron chi connectivity index (χ4n) is 2.93. The van der Waals surface area contributed by atoms with Crippen LogP contribution in [0, 0.1) is 0 Å². The van der Waals surface area contributed by atoms with E-state index in [4.69, 9.17) is 9.15 Å². The highest BCUT2D eigenvalue weighted by Gasteiger charge is 2.16. The molecule has 134 valence electrons. The van der Waals surface area contributed by atoms with Gasteiger partial charge in [0.1, 0.15) is 5.75 Å². The van der Waals surface area contributed by atoms with Gasteiger partial charge in [-0.1, -0.05) is 43.2 Å². The van der Waals surface area contributed by atoms with Gasteiger partial charge in [0.2, 0.25) is 11.8 Å². The molecule has 3 rings (SSSR count). The van der Waals surface area contributed by atoms with Gasteiger partial charge in [-0.25, -0.2) is 0 Å². The largest absolute Gasteiger partial charge is 0.497 e. The van der Waals surface area contributed by atoms with Crippen molar-refractivity contribution in [2.45, 2.75) is 49.8 Å². The predicted molar refractivity (Wildman–Crippen MR) is 95.8 cm³/mol. The number of hydrogen-bond acceptors (Lipinski definition) is 6. The fourth-order valence-corrected chi connectivity index (χ4v) is 3.52. The Kier molecular flexibility index (Phi) is 6.33. The first kappa shape index (κ1) is 17.8. The first-order valence-electron chi connectivity index (χ1n) is 8.60. The average Bonchev–Trinajstić information content (AvgIpc) is 3.09. The van der Waals surface area contributed by atoms with Gasteiger partial charge in [-0.05, 0) is 30.5 Å². The van der Waals surface area contributed by atoms with Crippen LogP contribution in [-0.2, 0) is 11.2 Å². The number of ether oxygens (including phenoxy) is 1.